The third kappa shape index (κ3) is 2.45. The number of halogens is 4. The van der Waals surface area contributed by atoms with E-state index in [1.54, 1.807) is 0 Å². The average Bonchev–Trinajstić information content (AvgIpc) is 2.50. The highest BCUT2D eigenvalue weighted by Crippen LogP contribution is 2.24. The SMILES string of the molecule is Cc1coc(NC(=O)C(F)(F)C(F)F)n1. The molecule has 0 radical (unpaired) electrons. The molecular weight excluding hydrogens is 220 g/mol. The Bertz CT molecular complexity index is 364. The summed E-state index contributed by atoms with van der Waals surface area (Å²) in [4.78, 5) is 14.1. The van der Waals surface area contributed by atoms with Crippen LogP contribution < -0.4 is 5.32 Å². The van der Waals surface area contributed by atoms with Crippen LogP contribution in [0.2, 0.25) is 0 Å². The zero-order chi connectivity index (χ0) is 11.6. The van der Waals surface area contributed by atoms with Crippen molar-refractivity contribution in [3.05, 3.63) is 12.0 Å². The van der Waals surface area contributed by atoms with Crippen molar-refractivity contribution in [1.82, 2.24) is 4.98 Å². The first-order valence-corrected chi connectivity index (χ1v) is 3.73. The summed E-state index contributed by atoms with van der Waals surface area (Å²) >= 11 is 0. The first-order valence-electron chi connectivity index (χ1n) is 3.73. The Morgan fingerprint density at radius 3 is 2.60 bits per heavy atom. The molecule has 1 aromatic heterocycles. The molecule has 1 amide bonds. The molecule has 0 saturated carbocycles. The van der Waals surface area contributed by atoms with Crippen molar-refractivity contribution < 1.29 is 26.8 Å². The molecule has 0 aromatic carbocycles. The van der Waals surface area contributed by atoms with Gasteiger partial charge in [0.2, 0.25) is 0 Å². The van der Waals surface area contributed by atoms with E-state index in [-0.39, 0.29) is 0 Å². The topological polar surface area (TPSA) is 55.1 Å². The Hall–Kier alpha value is -1.60. The van der Waals surface area contributed by atoms with Crippen LogP contribution in [0.15, 0.2) is 10.7 Å². The summed E-state index contributed by atoms with van der Waals surface area (Å²) in [7, 11) is 0. The highest BCUT2D eigenvalue weighted by molar-refractivity contribution is 5.94. The van der Waals surface area contributed by atoms with E-state index in [4.69, 9.17) is 0 Å². The van der Waals surface area contributed by atoms with E-state index < -0.39 is 24.3 Å². The minimum absolute atomic E-state index is 0.325. The predicted octanol–water partition coefficient (Wildman–Crippen LogP) is 1.82. The second-order valence-corrected chi connectivity index (χ2v) is 2.67. The zero-order valence-electron chi connectivity index (χ0n) is 7.43. The van der Waals surface area contributed by atoms with E-state index in [2.05, 4.69) is 9.40 Å². The molecule has 0 unspecified atom stereocenters. The summed E-state index contributed by atoms with van der Waals surface area (Å²) in [5, 5.41) is 1.44. The fourth-order valence-electron chi connectivity index (χ4n) is 0.691. The van der Waals surface area contributed by atoms with E-state index in [0.29, 0.717) is 5.69 Å². The Labute approximate surface area is 81.3 Å². The molecule has 15 heavy (non-hydrogen) atoms. The maximum Gasteiger partial charge on any atom is 0.383 e. The number of alkyl halides is 4. The standard InChI is InChI=1S/C7H6F4N2O2/c1-3-2-15-6(12-3)13-5(14)7(10,11)4(8)9/h2,4H,1H3,(H,12,13,14). The van der Waals surface area contributed by atoms with Crippen molar-refractivity contribution in [3.8, 4) is 0 Å². The molecule has 1 aromatic rings. The third-order valence-corrected chi connectivity index (χ3v) is 1.42. The summed E-state index contributed by atoms with van der Waals surface area (Å²) in [6.07, 6.45) is -3.00. The predicted molar refractivity (Wildman–Crippen MR) is 40.8 cm³/mol. The van der Waals surface area contributed by atoms with Crippen LogP contribution in [0.4, 0.5) is 23.6 Å². The lowest BCUT2D eigenvalue weighted by Gasteiger charge is -2.12. The summed E-state index contributed by atoms with van der Waals surface area (Å²) in [6, 6.07) is -0.544. The number of carbonyl (C=O) groups is 1. The summed E-state index contributed by atoms with van der Waals surface area (Å²) < 4.78 is 52.7. The normalized spacial score (nSPS) is 11.9. The largest absolute Gasteiger partial charge is 0.432 e. The van der Waals surface area contributed by atoms with Crippen molar-refractivity contribution >= 4 is 11.9 Å². The third-order valence-electron chi connectivity index (χ3n) is 1.42. The molecule has 84 valence electrons. The lowest BCUT2D eigenvalue weighted by molar-refractivity contribution is -0.163. The number of nitrogens with zero attached hydrogens (tertiary/aromatic N) is 1. The summed E-state index contributed by atoms with van der Waals surface area (Å²) in [5.74, 6) is -6.91. The highest BCUT2D eigenvalue weighted by atomic mass is 19.3. The van der Waals surface area contributed by atoms with Crippen LogP contribution in [0.1, 0.15) is 5.69 Å². The van der Waals surface area contributed by atoms with Gasteiger partial charge in [0.25, 0.3) is 0 Å². The molecule has 0 aliphatic carbocycles. The molecule has 0 aliphatic heterocycles. The van der Waals surface area contributed by atoms with E-state index in [1.807, 2.05) is 0 Å². The van der Waals surface area contributed by atoms with Gasteiger partial charge in [-0.1, -0.05) is 0 Å². The van der Waals surface area contributed by atoms with Gasteiger partial charge in [0.05, 0.1) is 5.69 Å². The summed E-state index contributed by atoms with van der Waals surface area (Å²) in [6.45, 7) is 1.48. The molecular formula is C7H6F4N2O2. The number of oxazole rings is 1. The minimum atomic E-state index is -4.76. The second kappa shape index (κ2) is 3.87. The number of carbonyl (C=O) groups excluding carboxylic acids is 1. The van der Waals surface area contributed by atoms with Crippen LogP contribution in [0.5, 0.6) is 0 Å². The van der Waals surface area contributed by atoms with Crippen LogP contribution in [0, 0.1) is 6.92 Å². The van der Waals surface area contributed by atoms with Crippen molar-refractivity contribution in [2.75, 3.05) is 5.32 Å². The lowest BCUT2D eigenvalue weighted by Crippen LogP contribution is -2.41. The number of rotatable bonds is 3. The van der Waals surface area contributed by atoms with Crippen LogP contribution in [-0.4, -0.2) is 23.2 Å². The Kier molecular flexibility index (Phi) is 2.96. The van der Waals surface area contributed by atoms with Gasteiger partial charge in [-0.15, -0.1) is 0 Å². The van der Waals surface area contributed by atoms with Gasteiger partial charge in [0, 0.05) is 0 Å². The van der Waals surface area contributed by atoms with Gasteiger partial charge >= 0.3 is 24.3 Å². The van der Waals surface area contributed by atoms with Gasteiger partial charge in [-0.25, -0.2) is 8.78 Å². The van der Waals surface area contributed by atoms with Crippen LogP contribution in [-0.2, 0) is 4.79 Å². The molecule has 0 saturated heterocycles. The monoisotopic (exact) mass is 226 g/mol. The molecule has 8 heteroatoms. The second-order valence-electron chi connectivity index (χ2n) is 2.67. The number of nitrogens with one attached hydrogen (secondary N) is 1. The van der Waals surface area contributed by atoms with Gasteiger partial charge in [-0.2, -0.15) is 13.8 Å². The Morgan fingerprint density at radius 2 is 2.20 bits per heavy atom. The average molecular weight is 226 g/mol. The van der Waals surface area contributed by atoms with Gasteiger partial charge in [0.15, 0.2) is 0 Å². The maximum absolute atomic E-state index is 12.4. The van der Waals surface area contributed by atoms with Crippen molar-refractivity contribution in [3.63, 3.8) is 0 Å². The van der Waals surface area contributed by atoms with Crippen LogP contribution in [0.3, 0.4) is 0 Å². The molecule has 0 atom stereocenters. The van der Waals surface area contributed by atoms with Crippen LogP contribution >= 0.6 is 0 Å². The first-order chi connectivity index (χ1) is 6.84. The van der Waals surface area contributed by atoms with E-state index >= 15 is 0 Å². The number of amides is 1. The van der Waals surface area contributed by atoms with E-state index in [0.717, 1.165) is 6.26 Å². The molecule has 0 aliphatic rings. The summed E-state index contributed by atoms with van der Waals surface area (Å²) in [5.41, 5.74) is 0.325. The quantitative estimate of drug-likeness (QED) is 0.800. The molecule has 0 spiro atoms. The van der Waals surface area contributed by atoms with Crippen LogP contribution in [0.25, 0.3) is 0 Å². The minimum Gasteiger partial charge on any atom is -0.432 e. The number of hydrogen-bond donors (Lipinski definition) is 1. The number of aromatic nitrogens is 1. The van der Waals surface area contributed by atoms with Crippen molar-refractivity contribution in [2.45, 2.75) is 19.3 Å². The van der Waals surface area contributed by atoms with Gasteiger partial charge < -0.3 is 4.42 Å². The maximum atomic E-state index is 12.4. The zero-order valence-corrected chi connectivity index (χ0v) is 7.43. The fourth-order valence-corrected chi connectivity index (χ4v) is 0.691. The smallest absolute Gasteiger partial charge is 0.383 e. The molecule has 0 bridgehead atoms. The van der Waals surface area contributed by atoms with Crippen molar-refractivity contribution in [2.24, 2.45) is 0 Å². The first kappa shape index (κ1) is 11.5. The molecule has 1 heterocycles. The van der Waals surface area contributed by atoms with Gasteiger partial charge in [0.1, 0.15) is 6.26 Å². The Morgan fingerprint density at radius 1 is 1.60 bits per heavy atom. The number of hydrogen-bond acceptors (Lipinski definition) is 3. The Balaban J connectivity index is 2.71. The molecule has 4 nitrogen and oxygen atoms in total. The van der Waals surface area contributed by atoms with Crippen molar-refractivity contribution in [1.29, 1.82) is 0 Å². The number of anilines is 1. The van der Waals surface area contributed by atoms with Gasteiger partial charge in [-0.05, 0) is 6.92 Å². The fraction of sp³-hybridized carbons (Fsp3) is 0.429. The molecule has 0 fully saturated rings. The van der Waals surface area contributed by atoms with Gasteiger partial charge in [-0.3, -0.25) is 10.1 Å². The number of aryl methyl sites for hydroxylation is 1. The van der Waals surface area contributed by atoms with E-state index in [9.17, 15) is 22.4 Å². The highest BCUT2D eigenvalue weighted by Gasteiger charge is 2.49. The van der Waals surface area contributed by atoms with E-state index in [1.165, 1.54) is 12.2 Å². The lowest BCUT2D eigenvalue weighted by atomic mass is 10.3. The molecule has 1 rings (SSSR count). The molecule has 1 N–H and O–H groups in total.